The van der Waals surface area contributed by atoms with Crippen molar-refractivity contribution in [2.45, 2.75) is 30.7 Å². The van der Waals surface area contributed by atoms with Gasteiger partial charge in [0.1, 0.15) is 10.0 Å². The first-order chi connectivity index (χ1) is 12.1. The number of hydrogen-bond donors (Lipinski definition) is 1. The topological polar surface area (TPSA) is 68.3 Å². The summed E-state index contributed by atoms with van der Waals surface area (Å²) in [6, 6.07) is 3.47. The fraction of sp³-hybridized carbons (Fsp3) is 0.353. The Hall–Kier alpha value is -1.57. The molecule has 2 aromatic rings. The molecular weight excluding hydrogens is 380 g/mol. The van der Waals surface area contributed by atoms with Crippen LogP contribution in [0.5, 0.6) is 0 Å². The highest BCUT2D eigenvalue weighted by atomic mass is 35.5. The Morgan fingerprint density at radius 1 is 1.40 bits per heavy atom. The minimum Gasteiger partial charge on any atom is -0.465 e. The fourth-order valence-corrected chi connectivity index (χ4v) is 5.01. The van der Waals surface area contributed by atoms with E-state index < -0.39 is 5.97 Å². The first kappa shape index (κ1) is 18.2. The number of anilines is 1. The molecule has 0 atom stereocenters. The van der Waals surface area contributed by atoms with Crippen LogP contribution in [0.15, 0.2) is 23.4 Å². The number of carbonyl (C=O) groups excluding carboxylic acids is 2. The molecular formula is C17H17ClN2O3S2. The fourth-order valence-electron chi connectivity index (χ4n) is 2.75. The van der Waals surface area contributed by atoms with E-state index in [4.69, 9.17) is 16.3 Å². The maximum absolute atomic E-state index is 12.3. The first-order valence-corrected chi connectivity index (χ1v) is 10.0. The summed E-state index contributed by atoms with van der Waals surface area (Å²) in [6.07, 6.45) is 5.59. The van der Waals surface area contributed by atoms with Crippen LogP contribution in [0.25, 0.3) is 0 Å². The number of thioether (sulfide) groups is 1. The lowest BCUT2D eigenvalue weighted by Gasteiger charge is -2.11. The van der Waals surface area contributed by atoms with Gasteiger partial charge >= 0.3 is 5.97 Å². The van der Waals surface area contributed by atoms with E-state index in [1.165, 1.54) is 35.1 Å². The second-order valence-electron chi connectivity index (χ2n) is 5.53. The van der Waals surface area contributed by atoms with Gasteiger partial charge in [-0.25, -0.2) is 9.78 Å². The Kier molecular flexibility index (Phi) is 5.98. The molecule has 0 unspecified atom stereocenters. The van der Waals surface area contributed by atoms with Gasteiger partial charge in [0.2, 0.25) is 5.91 Å². The van der Waals surface area contributed by atoms with Crippen LogP contribution in [-0.2, 0) is 22.4 Å². The molecule has 0 spiro atoms. The van der Waals surface area contributed by atoms with Crippen LogP contribution in [0.2, 0.25) is 5.02 Å². The zero-order chi connectivity index (χ0) is 17.8. The molecule has 0 saturated carbocycles. The van der Waals surface area contributed by atoms with Gasteiger partial charge in [-0.05, 0) is 43.4 Å². The lowest BCUT2D eigenvalue weighted by Crippen LogP contribution is -2.16. The SMILES string of the molecule is COC(=O)c1c(NC(=O)CSc2ncccc2Cl)sc2c1CCCC2. The zero-order valence-electron chi connectivity index (χ0n) is 13.6. The Morgan fingerprint density at radius 2 is 2.20 bits per heavy atom. The van der Waals surface area contributed by atoms with Crippen LogP contribution in [-0.4, -0.2) is 29.7 Å². The minimum atomic E-state index is -0.393. The monoisotopic (exact) mass is 396 g/mol. The van der Waals surface area contributed by atoms with E-state index in [0.717, 1.165) is 31.2 Å². The number of thiophene rings is 1. The van der Waals surface area contributed by atoms with Crippen molar-refractivity contribution in [2.24, 2.45) is 0 Å². The highest BCUT2D eigenvalue weighted by Gasteiger charge is 2.26. The van der Waals surface area contributed by atoms with Gasteiger partial charge in [-0.15, -0.1) is 11.3 Å². The van der Waals surface area contributed by atoms with Crippen molar-refractivity contribution in [3.63, 3.8) is 0 Å². The number of nitrogens with one attached hydrogen (secondary N) is 1. The van der Waals surface area contributed by atoms with Gasteiger partial charge in [-0.3, -0.25) is 4.79 Å². The lowest BCUT2D eigenvalue weighted by atomic mass is 9.95. The van der Waals surface area contributed by atoms with Crippen LogP contribution in [0, 0.1) is 0 Å². The number of halogens is 1. The highest BCUT2D eigenvalue weighted by molar-refractivity contribution is 8.00. The van der Waals surface area contributed by atoms with E-state index >= 15 is 0 Å². The summed E-state index contributed by atoms with van der Waals surface area (Å²) < 4.78 is 4.91. The number of aromatic nitrogens is 1. The van der Waals surface area contributed by atoms with Crippen molar-refractivity contribution < 1.29 is 14.3 Å². The average Bonchev–Trinajstić information content (AvgIpc) is 2.98. The van der Waals surface area contributed by atoms with Gasteiger partial charge in [0.25, 0.3) is 0 Å². The van der Waals surface area contributed by atoms with Crippen LogP contribution in [0.1, 0.15) is 33.6 Å². The second kappa shape index (κ2) is 8.21. The van der Waals surface area contributed by atoms with Crippen molar-refractivity contribution in [3.05, 3.63) is 39.4 Å². The van der Waals surface area contributed by atoms with Crippen molar-refractivity contribution in [1.82, 2.24) is 4.98 Å². The number of hydrogen-bond acceptors (Lipinski definition) is 6. The number of amides is 1. The normalized spacial score (nSPS) is 13.2. The molecule has 25 heavy (non-hydrogen) atoms. The van der Waals surface area contributed by atoms with Crippen LogP contribution >= 0.6 is 34.7 Å². The van der Waals surface area contributed by atoms with Crippen molar-refractivity contribution in [1.29, 1.82) is 0 Å². The molecule has 2 heterocycles. The summed E-state index contributed by atoms with van der Waals surface area (Å²) in [5, 5.41) is 4.56. The van der Waals surface area contributed by atoms with E-state index in [1.54, 1.807) is 18.3 Å². The molecule has 5 nitrogen and oxygen atoms in total. The molecule has 3 rings (SSSR count). The molecule has 1 aliphatic carbocycles. The quantitative estimate of drug-likeness (QED) is 0.606. The number of rotatable bonds is 5. The maximum atomic E-state index is 12.3. The minimum absolute atomic E-state index is 0.167. The van der Waals surface area contributed by atoms with E-state index in [-0.39, 0.29) is 11.7 Å². The number of ether oxygens (including phenoxy) is 1. The predicted molar refractivity (Wildman–Crippen MR) is 101 cm³/mol. The predicted octanol–water partition coefficient (Wildman–Crippen LogP) is 4.19. The molecule has 1 aliphatic rings. The van der Waals surface area contributed by atoms with E-state index in [2.05, 4.69) is 10.3 Å². The summed E-state index contributed by atoms with van der Waals surface area (Å²) in [5.41, 5.74) is 1.54. The molecule has 1 N–H and O–H groups in total. The molecule has 0 radical (unpaired) electrons. The summed E-state index contributed by atoms with van der Waals surface area (Å²) in [7, 11) is 1.36. The number of nitrogens with zero attached hydrogens (tertiary/aromatic N) is 1. The number of carbonyl (C=O) groups is 2. The molecule has 132 valence electrons. The summed E-state index contributed by atoms with van der Waals surface area (Å²) in [4.78, 5) is 29.8. The van der Waals surface area contributed by atoms with Gasteiger partial charge in [0.15, 0.2) is 0 Å². The number of fused-ring (bicyclic) bond motifs is 1. The Balaban J connectivity index is 1.73. The molecule has 0 fully saturated rings. The van der Waals surface area contributed by atoms with Gasteiger partial charge < -0.3 is 10.1 Å². The zero-order valence-corrected chi connectivity index (χ0v) is 16.0. The Bertz CT molecular complexity index is 807. The number of pyridine rings is 1. The summed E-state index contributed by atoms with van der Waals surface area (Å²) >= 11 is 8.79. The van der Waals surface area contributed by atoms with Gasteiger partial charge in [-0.1, -0.05) is 23.4 Å². The maximum Gasteiger partial charge on any atom is 0.341 e. The van der Waals surface area contributed by atoms with Crippen LogP contribution < -0.4 is 5.32 Å². The standard InChI is InChI=1S/C17H17ClN2O3S2/c1-23-17(22)14-10-5-2-3-7-12(10)25-16(14)20-13(21)9-24-15-11(18)6-4-8-19-15/h4,6,8H,2-3,5,7,9H2,1H3,(H,20,21). The molecule has 0 bridgehead atoms. The molecule has 8 heteroatoms. The lowest BCUT2D eigenvalue weighted by molar-refractivity contribution is -0.113. The van der Waals surface area contributed by atoms with Crippen molar-refractivity contribution >= 4 is 51.6 Å². The Labute approximate surface area is 159 Å². The third-order valence-corrected chi connectivity index (χ3v) is 6.51. The van der Waals surface area contributed by atoms with Crippen LogP contribution in [0.4, 0.5) is 5.00 Å². The van der Waals surface area contributed by atoms with Crippen molar-refractivity contribution in [3.8, 4) is 0 Å². The second-order valence-corrected chi connectivity index (χ2v) is 8.01. The number of methoxy groups -OCH3 is 1. The highest BCUT2D eigenvalue weighted by Crippen LogP contribution is 2.38. The smallest absolute Gasteiger partial charge is 0.341 e. The molecule has 0 aromatic carbocycles. The molecule has 0 aliphatic heterocycles. The number of aryl methyl sites for hydroxylation is 1. The molecule has 1 amide bonds. The van der Waals surface area contributed by atoms with Crippen LogP contribution in [0.3, 0.4) is 0 Å². The van der Waals surface area contributed by atoms with Crippen molar-refractivity contribution in [2.75, 3.05) is 18.2 Å². The third-order valence-electron chi connectivity index (χ3n) is 3.88. The summed E-state index contributed by atoms with van der Waals surface area (Å²) in [5.74, 6) is -0.425. The van der Waals surface area contributed by atoms with Gasteiger partial charge in [-0.2, -0.15) is 0 Å². The molecule has 0 saturated heterocycles. The van der Waals surface area contributed by atoms with Gasteiger partial charge in [0, 0.05) is 11.1 Å². The largest absolute Gasteiger partial charge is 0.465 e. The average molecular weight is 397 g/mol. The summed E-state index contributed by atoms with van der Waals surface area (Å²) in [6.45, 7) is 0. The van der Waals surface area contributed by atoms with Gasteiger partial charge in [0.05, 0.1) is 23.4 Å². The van der Waals surface area contributed by atoms with E-state index in [9.17, 15) is 9.59 Å². The number of esters is 1. The van der Waals surface area contributed by atoms with E-state index in [1.807, 2.05) is 0 Å². The third kappa shape index (κ3) is 4.16. The Morgan fingerprint density at radius 3 is 2.96 bits per heavy atom. The molecule has 2 aromatic heterocycles. The first-order valence-electron chi connectivity index (χ1n) is 7.86. The van der Waals surface area contributed by atoms with E-state index in [0.29, 0.717) is 20.6 Å².